The molecule has 0 spiro atoms. The first-order valence-electron chi connectivity index (χ1n) is 7.24. The van der Waals surface area contributed by atoms with Gasteiger partial charge in [0.25, 0.3) is 0 Å². The molecule has 0 aromatic heterocycles. The lowest BCUT2D eigenvalue weighted by molar-refractivity contribution is 0.204. The van der Waals surface area contributed by atoms with Gasteiger partial charge in [0.05, 0.1) is 6.54 Å². The molecule has 116 valence electrons. The first-order valence-corrected chi connectivity index (χ1v) is 8.39. The van der Waals surface area contributed by atoms with E-state index in [1.165, 1.54) is 12.1 Å². The van der Waals surface area contributed by atoms with Crippen molar-refractivity contribution in [2.24, 2.45) is 10.7 Å². The lowest BCUT2D eigenvalue weighted by Gasteiger charge is -2.27. The molecular weight excluding hydrogens is 289 g/mol. The molecular formula is C15H22FN3OS. The Morgan fingerprint density at radius 1 is 1.48 bits per heavy atom. The van der Waals surface area contributed by atoms with Crippen LogP contribution in [0.25, 0.3) is 0 Å². The standard InChI is InChI=1S/C15H22FN3OS/c1-2-13(20-14-5-3-4-12(16)10-14)11-18-15(17)19-6-8-21-9-7-19/h3-5,10,13H,2,6-9,11H2,1H3,(H2,17,18). The van der Waals surface area contributed by atoms with Crippen molar-refractivity contribution in [2.45, 2.75) is 19.4 Å². The Kier molecular flexibility index (Phi) is 6.17. The molecule has 2 N–H and O–H groups in total. The zero-order chi connectivity index (χ0) is 15.1. The maximum Gasteiger partial charge on any atom is 0.191 e. The van der Waals surface area contributed by atoms with Crippen LogP contribution in [-0.4, -0.2) is 48.1 Å². The summed E-state index contributed by atoms with van der Waals surface area (Å²) in [6, 6.07) is 6.18. The molecule has 6 heteroatoms. The van der Waals surface area contributed by atoms with Gasteiger partial charge >= 0.3 is 0 Å². The topological polar surface area (TPSA) is 50.8 Å². The van der Waals surface area contributed by atoms with E-state index in [1.807, 2.05) is 18.7 Å². The lowest BCUT2D eigenvalue weighted by Crippen LogP contribution is -2.43. The van der Waals surface area contributed by atoms with E-state index in [0.29, 0.717) is 18.3 Å². The molecule has 1 aliphatic heterocycles. The molecule has 1 saturated heterocycles. The van der Waals surface area contributed by atoms with Crippen LogP contribution in [-0.2, 0) is 0 Å². The number of benzene rings is 1. The van der Waals surface area contributed by atoms with Gasteiger partial charge < -0.3 is 15.4 Å². The summed E-state index contributed by atoms with van der Waals surface area (Å²) in [6.45, 7) is 4.40. The van der Waals surface area contributed by atoms with Crippen molar-refractivity contribution < 1.29 is 9.13 Å². The number of hydrogen-bond donors (Lipinski definition) is 1. The smallest absolute Gasteiger partial charge is 0.191 e. The highest BCUT2D eigenvalue weighted by Gasteiger charge is 2.13. The highest BCUT2D eigenvalue weighted by atomic mass is 32.2. The minimum absolute atomic E-state index is 0.0930. The van der Waals surface area contributed by atoms with Crippen molar-refractivity contribution in [3.05, 3.63) is 30.1 Å². The Hall–Kier alpha value is -1.43. The van der Waals surface area contributed by atoms with Crippen molar-refractivity contribution in [1.29, 1.82) is 0 Å². The van der Waals surface area contributed by atoms with Crippen LogP contribution >= 0.6 is 11.8 Å². The Morgan fingerprint density at radius 3 is 2.90 bits per heavy atom. The van der Waals surface area contributed by atoms with Gasteiger partial charge in [0.1, 0.15) is 17.7 Å². The van der Waals surface area contributed by atoms with Gasteiger partial charge in [0, 0.05) is 30.7 Å². The molecule has 2 rings (SSSR count). The van der Waals surface area contributed by atoms with Gasteiger partial charge in [0.2, 0.25) is 0 Å². The van der Waals surface area contributed by atoms with Crippen molar-refractivity contribution in [3.63, 3.8) is 0 Å². The van der Waals surface area contributed by atoms with Crippen LogP contribution in [0, 0.1) is 5.82 Å². The second-order valence-electron chi connectivity index (χ2n) is 4.90. The van der Waals surface area contributed by atoms with Crippen LogP contribution in [0.1, 0.15) is 13.3 Å². The Balaban J connectivity index is 1.89. The number of guanidine groups is 1. The van der Waals surface area contributed by atoms with Crippen molar-refractivity contribution in [1.82, 2.24) is 4.90 Å². The number of hydrogen-bond acceptors (Lipinski definition) is 3. The van der Waals surface area contributed by atoms with E-state index in [-0.39, 0.29) is 11.9 Å². The van der Waals surface area contributed by atoms with E-state index in [2.05, 4.69) is 9.89 Å². The SMILES string of the molecule is CCC(CN=C(N)N1CCSCC1)Oc1cccc(F)c1. The minimum Gasteiger partial charge on any atom is -0.488 e. The van der Waals surface area contributed by atoms with Gasteiger partial charge in [-0.2, -0.15) is 11.8 Å². The Bertz CT molecular complexity index is 478. The van der Waals surface area contributed by atoms with Crippen LogP contribution in [0.5, 0.6) is 5.75 Å². The second kappa shape index (κ2) is 8.12. The van der Waals surface area contributed by atoms with Crippen LogP contribution in [0.2, 0.25) is 0 Å². The number of ether oxygens (including phenoxy) is 1. The number of halogens is 1. The molecule has 1 aromatic rings. The fraction of sp³-hybridized carbons (Fsp3) is 0.533. The van der Waals surface area contributed by atoms with E-state index in [0.717, 1.165) is 31.0 Å². The van der Waals surface area contributed by atoms with Crippen LogP contribution < -0.4 is 10.5 Å². The van der Waals surface area contributed by atoms with Crippen molar-refractivity contribution in [3.8, 4) is 5.75 Å². The largest absolute Gasteiger partial charge is 0.488 e. The van der Waals surface area contributed by atoms with Gasteiger partial charge in [-0.05, 0) is 18.6 Å². The molecule has 0 aliphatic carbocycles. The predicted molar refractivity (Wildman–Crippen MR) is 86.5 cm³/mol. The molecule has 0 bridgehead atoms. The molecule has 4 nitrogen and oxygen atoms in total. The monoisotopic (exact) mass is 311 g/mol. The molecule has 0 saturated carbocycles. The van der Waals surface area contributed by atoms with E-state index in [1.54, 1.807) is 12.1 Å². The third-order valence-electron chi connectivity index (χ3n) is 3.35. The van der Waals surface area contributed by atoms with E-state index >= 15 is 0 Å². The van der Waals surface area contributed by atoms with Crippen molar-refractivity contribution >= 4 is 17.7 Å². The van der Waals surface area contributed by atoms with Gasteiger partial charge in [-0.1, -0.05) is 13.0 Å². The molecule has 1 fully saturated rings. The maximum atomic E-state index is 13.1. The van der Waals surface area contributed by atoms with Gasteiger partial charge in [-0.15, -0.1) is 0 Å². The number of rotatable bonds is 5. The number of nitrogens with zero attached hydrogens (tertiary/aromatic N) is 2. The van der Waals surface area contributed by atoms with Crippen LogP contribution in [0.4, 0.5) is 4.39 Å². The Labute approximate surface area is 129 Å². The van der Waals surface area contributed by atoms with Crippen LogP contribution in [0.3, 0.4) is 0 Å². The van der Waals surface area contributed by atoms with Gasteiger partial charge in [-0.25, -0.2) is 9.38 Å². The summed E-state index contributed by atoms with van der Waals surface area (Å²) < 4.78 is 18.9. The zero-order valence-electron chi connectivity index (χ0n) is 12.3. The highest BCUT2D eigenvalue weighted by Crippen LogP contribution is 2.15. The lowest BCUT2D eigenvalue weighted by atomic mass is 10.2. The summed E-state index contributed by atoms with van der Waals surface area (Å²) in [4.78, 5) is 6.53. The third-order valence-corrected chi connectivity index (χ3v) is 4.29. The number of nitrogens with two attached hydrogens (primary N) is 1. The summed E-state index contributed by atoms with van der Waals surface area (Å²) in [5.41, 5.74) is 6.02. The highest BCUT2D eigenvalue weighted by molar-refractivity contribution is 7.99. The Morgan fingerprint density at radius 2 is 2.24 bits per heavy atom. The first-order chi connectivity index (χ1) is 10.2. The summed E-state index contributed by atoms with van der Waals surface area (Å²) in [5, 5.41) is 0. The zero-order valence-corrected chi connectivity index (χ0v) is 13.1. The molecule has 21 heavy (non-hydrogen) atoms. The summed E-state index contributed by atoms with van der Waals surface area (Å²) in [6.07, 6.45) is 0.702. The molecule has 0 radical (unpaired) electrons. The molecule has 1 aromatic carbocycles. The number of thioether (sulfide) groups is 1. The number of aliphatic imine (C=N–C) groups is 1. The maximum absolute atomic E-state index is 13.1. The molecule has 1 aliphatic rings. The minimum atomic E-state index is -0.295. The molecule has 1 unspecified atom stereocenters. The summed E-state index contributed by atoms with van der Waals surface area (Å²) in [7, 11) is 0. The predicted octanol–water partition coefficient (Wildman–Crippen LogP) is 2.35. The van der Waals surface area contributed by atoms with Gasteiger partial charge in [-0.3, -0.25) is 0 Å². The van der Waals surface area contributed by atoms with E-state index in [9.17, 15) is 4.39 Å². The summed E-state index contributed by atoms with van der Waals surface area (Å²) in [5.74, 6) is 3.00. The van der Waals surface area contributed by atoms with E-state index < -0.39 is 0 Å². The molecule has 1 heterocycles. The average Bonchev–Trinajstić information content (AvgIpc) is 2.52. The average molecular weight is 311 g/mol. The van der Waals surface area contributed by atoms with Crippen LogP contribution in [0.15, 0.2) is 29.3 Å². The fourth-order valence-electron chi connectivity index (χ4n) is 2.07. The molecule has 0 amide bonds. The molecule has 1 atom stereocenters. The van der Waals surface area contributed by atoms with Gasteiger partial charge in [0.15, 0.2) is 5.96 Å². The quantitative estimate of drug-likeness (QED) is 0.670. The normalized spacial score (nSPS) is 17.6. The summed E-state index contributed by atoms with van der Waals surface area (Å²) >= 11 is 1.94. The fourth-order valence-corrected chi connectivity index (χ4v) is 2.97. The van der Waals surface area contributed by atoms with Crippen molar-refractivity contribution in [2.75, 3.05) is 31.1 Å². The third kappa shape index (κ3) is 5.12. The second-order valence-corrected chi connectivity index (χ2v) is 6.13. The first kappa shape index (κ1) is 15.9. The van der Waals surface area contributed by atoms with E-state index in [4.69, 9.17) is 10.5 Å².